The molecule has 6 nitrogen and oxygen atoms in total. The van der Waals surface area contributed by atoms with Crippen molar-refractivity contribution in [2.45, 2.75) is 32.2 Å². The summed E-state index contributed by atoms with van der Waals surface area (Å²) in [5, 5.41) is 13.2. The van der Waals surface area contributed by atoms with Crippen LogP contribution in [0, 0.1) is 0 Å². The van der Waals surface area contributed by atoms with Crippen LogP contribution in [-0.2, 0) is 0 Å². The minimum Gasteiger partial charge on any atom is -0.338 e. The molecule has 2 heterocycles. The van der Waals surface area contributed by atoms with Gasteiger partial charge in [0.25, 0.3) is 0 Å². The molecule has 1 aliphatic rings. The summed E-state index contributed by atoms with van der Waals surface area (Å²) in [6, 6.07) is 0.280. The van der Waals surface area contributed by atoms with E-state index in [1.54, 1.807) is 6.20 Å². The molecule has 1 aromatic heterocycles. The maximum atomic E-state index is 11.5. The number of hydrogen-bond acceptors (Lipinski definition) is 3. The second-order valence-electron chi connectivity index (χ2n) is 4.57. The third kappa shape index (κ3) is 3.46. The largest absolute Gasteiger partial charge is 0.338 e. The topological polar surface area (TPSA) is 71.0 Å². The highest BCUT2D eigenvalue weighted by molar-refractivity contribution is 5.88. The maximum absolute atomic E-state index is 11.5. The Morgan fingerprint density at radius 3 is 3.06 bits per heavy atom. The molecule has 1 fully saturated rings. The Morgan fingerprint density at radius 2 is 2.33 bits per heavy atom. The van der Waals surface area contributed by atoms with Crippen molar-refractivity contribution in [2.75, 3.05) is 25.0 Å². The standard InChI is InChI=1S/C12H21N5O/c1-2-5-14-12(18)16-10-8-15-17(9-10)11-3-6-13-7-4-11/h8-9,11,13H,2-7H2,1H3,(H2,14,16,18). The van der Waals surface area contributed by atoms with Crippen molar-refractivity contribution in [3.8, 4) is 0 Å². The first-order valence-corrected chi connectivity index (χ1v) is 6.59. The summed E-state index contributed by atoms with van der Waals surface area (Å²) >= 11 is 0. The molecule has 0 unspecified atom stereocenters. The van der Waals surface area contributed by atoms with Crippen LogP contribution in [0.2, 0.25) is 0 Å². The van der Waals surface area contributed by atoms with E-state index in [4.69, 9.17) is 0 Å². The Hall–Kier alpha value is -1.56. The van der Waals surface area contributed by atoms with E-state index in [0.29, 0.717) is 12.6 Å². The van der Waals surface area contributed by atoms with Crippen LogP contribution in [0.1, 0.15) is 32.2 Å². The minimum absolute atomic E-state index is 0.165. The molecule has 2 rings (SSSR count). The van der Waals surface area contributed by atoms with Crippen molar-refractivity contribution in [1.29, 1.82) is 0 Å². The van der Waals surface area contributed by atoms with Gasteiger partial charge in [0.1, 0.15) is 0 Å². The van der Waals surface area contributed by atoms with E-state index in [2.05, 4.69) is 21.0 Å². The highest BCUT2D eigenvalue weighted by Gasteiger charge is 2.15. The van der Waals surface area contributed by atoms with Crippen molar-refractivity contribution in [3.05, 3.63) is 12.4 Å². The number of urea groups is 1. The van der Waals surface area contributed by atoms with Gasteiger partial charge < -0.3 is 16.0 Å². The summed E-state index contributed by atoms with van der Waals surface area (Å²) in [6.45, 7) is 4.78. The van der Waals surface area contributed by atoms with Crippen LogP contribution in [0.15, 0.2) is 12.4 Å². The predicted molar refractivity (Wildman–Crippen MR) is 70.7 cm³/mol. The van der Waals surface area contributed by atoms with Crippen LogP contribution >= 0.6 is 0 Å². The van der Waals surface area contributed by atoms with Gasteiger partial charge >= 0.3 is 6.03 Å². The van der Waals surface area contributed by atoms with Gasteiger partial charge in [-0.25, -0.2) is 4.79 Å². The van der Waals surface area contributed by atoms with Crippen LogP contribution in [0.5, 0.6) is 0 Å². The molecule has 0 bridgehead atoms. The normalized spacial score (nSPS) is 16.5. The maximum Gasteiger partial charge on any atom is 0.319 e. The van der Waals surface area contributed by atoms with Crippen LogP contribution in [0.4, 0.5) is 10.5 Å². The van der Waals surface area contributed by atoms with Crippen molar-refractivity contribution in [1.82, 2.24) is 20.4 Å². The Kier molecular flexibility index (Phi) is 4.58. The first-order valence-electron chi connectivity index (χ1n) is 6.59. The quantitative estimate of drug-likeness (QED) is 0.756. The number of nitrogens with one attached hydrogen (secondary N) is 3. The van der Waals surface area contributed by atoms with Crippen LogP contribution in [0.3, 0.4) is 0 Å². The van der Waals surface area contributed by atoms with Crippen LogP contribution in [0.25, 0.3) is 0 Å². The van der Waals surface area contributed by atoms with Gasteiger partial charge in [-0.2, -0.15) is 5.10 Å². The molecule has 6 heteroatoms. The van der Waals surface area contributed by atoms with Gasteiger partial charge in [0, 0.05) is 12.7 Å². The highest BCUT2D eigenvalue weighted by atomic mass is 16.2. The smallest absolute Gasteiger partial charge is 0.319 e. The summed E-state index contributed by atoms with van der Waals surface area (Å²) in [6.07, 6.45) is 6.71. The minimum atomic E-state index is -0.165. The summed E-state index contributed by atoms with van der Waals surface area (Å²) in [4.78, 5) is 11.5. The summed E-state index contributed by atoms with van der Waals surface area (Å²) < 4.78 is 1.95. The molecule has 100 valence electrons. The molecule has 2 amide bonds. The second kappa shape index (κ2) is 6.39. The molecule has 0 spiro atoms. The molecule has 18 heavy (non-hydrogen) atoms. The van der Waals surface area contributed by atoms with Gasteiger partial charge in [-0.05, 0) is 32.4 Å². The van der Waals surface area contributed by atoms with Gasteiger partial charge in [0.2, 0.25) is 0 Å². The summed E-state index contributed by atoms with van der Waals surface area (Å²) in [5.74, 6) is 0. The molecule has 1 aliphatic heterocycles. The van der Waals surface area contributed by atoms with E-state index in [-0.39, 0.29) is 6.03 Å². The highest BCUT2D eigenvalue weighted by Crippen LogP contribution is 2.19. The average molecular weight is 251 g/mol. The molecular weight excluding hydrogens is 230 g/mol. The first-order chi connectivity index (χ1) is 8.79. The van der Waals surface area contributed by atoms with E-state index in [1.165, 1.54) is 0 Å². The van der Waals surface area contributed by atoms with Crippen molar-refractivity contribution in [3.63, 3.8) is 0 Å². The van der Waals surface area contributed by atoms with E-state index < -0.39 is 0 Å². The number of carbonyl (C=O) groups excluding carboxylic acids is 1. The van der Waals surface area contributed by atoms with Crippen LogP contribution < -0.4 is 16.0 Å². The molecule has 3 N–H and O–H groups in total. The fraction of sp³-hybridized carbons (Fsp3) is 0.667. The van der Waals surface area contributed by atoms with Crippen LogP contribution in [-0.4, -0.2) is 35.4 Å². The average Bonchev–Trinajstić information content (AvgIpc) is 2.86. The Labute approximate surface area is 107 Å². The van der Waals surface area contributed by atoms with Crippen molar-refractivity contribution >= 4 is 11.7 Å². The molecular formula is C12H21N5O. The molecule has 1 saturated heterocycles. The lowest BCUT2D eigenvalue weighted by Gasteiger charge is -2.22. The Balaban J connectivity index is 1.87. The van der Waals surface area contributed by atoms with Gasteiger partial charge in [-0.1, -0.05) is 6.92 Å². The third-order valence-corrected chi connectivity index (χ3v) is 3.08. The third-order valence-electron chi connectivity index (χ3n) is 3.08. The van der Waals surface area contributed by atoms with E-state index in [1.807, 2.05) is 17.8 Å². The fourth-order valence-corrected chi connectivity index (χ4v) is 2.09. The Bertz CT molecular complexity index is 384. The lowest BCUT2D eigenvalue weighted by atomic mass is 10.1. The zero-order valence-electron chi connectivity index (χ0n) is 10.8. The fourth-order valence-electron chi connectivity index (χ4n) is 2.09. The zero-order chi connectivity index (χ0) is 12.8. The van der Waals surface area contributed by atoms with E-state index in [9.17, 15) is 4.79 Å². The number of carbonyl (C=O) groups is 1. The molecule has 0 atom stereocenters. The summed E-state index contributed by atoms with van der Waals surface area (Å²) in [5.41, 5.74) is 0.752. The molecule has 0 radical (unpaired) electrons. The van der Waals surface area contributed by atoms with Gasteiger partial charge in [0.15, 0.2) is 0 Å². The van der Waals surface area contributed by atoms with Gasteiger partial charge in [0.05, 0.1) is 17.9 Å². The summed E-state index contributed by atoms with van der Waals surface area (Å²) in [7, 11) is 0. The number of anilines is 1. The lowest BCUT2D eigenvalue weighted by Crippen LogP contribution is -2.30. The number of rotatable bonds is 4. The molecule has 0 aliphatic carbocycles. The number of piperidine rings is 1. The van der Waals surface area contributed by atoms with E-state index >= 15 is 0 Å². The number of amides is 2. The predicted octanol–water partition coefficient (Wildman–Crippen LogP) is 1.34. The van der Waals surface area contributed by atoms with Crippen molar-refractivity contribution in [2.24, 2.45) is 0 Å². The molecule has 1 aromatic rings. The first kappa shape index (κ1) is 12.9. The van der Waals surface area contributed by atoms with Gasteiger partial charge in [-0.15, -0.1) is 0 Å². The monoisotopic (exact) mass is 251 g/mol. The molecule has 0 saturated carbocycles. The number of hydrogen-bond donors (Lipinski definition) is 3. The SMILES string of the molecule is CCCNC(=O)Nc1cnn(C2CCNCC2)c1. The van der Waals surface area contributed by atoms with E-state index in [0.717, 1.165) is 38.0 Å². The number of nitrogens with zero attached hydrogens (tertiary/aromatic N) is 2. The number of aromatic nitrogens is 2. The van der Waals surface area contributed by atoms with Crippen molar-refractivity contribution < 1.29 is 4.79 Å². The molecule has 0 aromatic carbocycles. The Morgan fingerprint density at radius 1 is 1.56 bits per heavy atom. The second-order valence-corrected chi connectivity index (χ2v) is 4.57. The lowest BCUT2D eigenvalue weighted by molar-refractivity contribution is 0.252. The van der Waals surface area contributed by atoms with Gasteiger partial charge in [-0.3, -0.25) is 4.68 Å². The zero-order valence-corrected chi connectivity index (χ0v) is 10.8.